The second-order valence-corrected chi connectivity index (χ2v) is 16.5. The number of amides is 3. The van der Waals surface area contributed by atoms with E-state index in [9.17, 15) is 14.4 Å². The topological polar surface area (TPSA) is 164 Å². The first-order valence-electron chi connectivity index (χ1n) is 20.2. The third-order valence-electron chi connectivity index (χ3n) is 12.1. The van der Waals surface area contributed by atoms with Crippen molar-refractivity contribution in [1.82, 2.24) is 35.1 Å². The highest BCUT2D eigenvalue weighted by Crippen LogP contribution is 2.44. The molecule has 6 atom stereocenters. The minimum absolute atomic E-state index is 0.0484. The Kier molecular flexibility index (Phi) is 10.9. The van der Waals surface area contributed by atoms with Crippen LogP contribution in [0.15, 0.2) is 48.7 Å². The molecule has 0 saturated carbocycles. The minimum atomic E-state index is -0.954. The summed E-state index contributed by atoms with van der Waals surface area (Å²) in [5, 5.41) is 4.61. The van der Waals surface area contributed by atoms with Gasteiger partial charge in [0.05, 0.1) is 54.8 Å². The SMILES string of the molecule is COC[C@H]1CC(c2nc3c(ccc4cc5c(cc43)OCc3cc(-c4cnc([C@@H]6CC[C@H](C)N6C(=O)CC(C)C)[nH]4)ccc3-5)[nH]2)N(C(=O)C(NC(=O)OC)[C@@H](C)OC)C1. The Bertz CT molecular complexity index is 2350. The number of H-pyrrole nitrogens is 2. The number of carbonyl (C=O) groups is 3. The van der Waals surface area contributed by atoms with E-state index >= 15 is 0 Å². The van der Waals surface area contributed by atoms with Crippen LogP contribution in [-0.4, -0.2) is 100 Å². The van der Waals surface area contributed by atoms with Gasteiger partial charge in [-0.05, 0) is 85.4 Å². The van der Waals surface area contributed by atoms with E-state index in [1.807, 2.05) is 17.2 Å². The van der Waals surface area contributed by atoms with Gasteiger partial charge in [-0.3, -0.25) is 9.59 Å². The van der Waals surface area contributed by atoms with Crippen molar-refractivity contribution in [2.75, 3.05) is 34.5 Å². The lowest BCUT2D eigenvalue weighted by molar-refractivity contribution is -0.138. The van der Waals surface area contributed by atoms with Crippen LogP contribution in [0.2, 0.25) is 0 Å². The lowest BCUT2D eigenvalue weighted by atomic mass is 9.92. The summed E-state index contributed by atoms with van der Waals surface area (Å²) in [7, 11) is 4.42. The highest BCUT2D eigenvalue weighted by atomic mass is 16.5. The van der Waals surface area contributed by atoms with Gasteiger partial charge in [-0.2, -0.15) is 0 Å². The second kappa shape index (κ2) is 16.1. The number of likely N-dealkylation sites (tertiary alicyclic amines) is 2. The lowest BCUT2D eigenvalue weighted by Crippen LogP contribution is -2.54. The predicted molar refractivity (Wildman–Crippen MR) is 219 cm³/mol. The van der Waals surface area contributed by atoms with E-state index in [4.69, 9.17) is 28.9 Å². The molecule has 0 spiro atoms. The average molecular weight is 792 g/mol. The van der Waals surface area contributed by atoms with E-state index in [1.54, 1.807) is 18.9 Å². The molecule has 2 aromatic heterocycles. The highest BCUT2D eigenvalue weighted by molar-refractivity contribution is 6.07. The lowest BCUT2D eigenvalue weighted by Gasteiger charge is -2.30. The van der Waals surface area contributed by atoms with Crippen molar-refractivity contribution < 1.29 is 33.3 Å². The Labute approximate surface area is 338 Å². The van der Waals surface area contributed by atoms with E-state index in [1.165, 1.54) is 14.2 Å². The molecular weight excluding hydrogens is 739 g/mol. The molecule has 2 fully saturated rings. The fourth-order valence-corrected chi connectivity index (χ4v) is 9.07. The van der Waals surface area contributed by atoms with Crippen molar-refractivity contribution in [1.29, 1.82) is 0 Å². The smallest absolute Gasteiger partial charge is 0.407 e. The molecule has 2 saturated heterocycles. The van der Waals surface area contributed by atoms with Gasteiger partial charge < -0.3 is 44.0 Å². The number of hydrogen-bond acceptors (Lipinski definition) is 9. The van der Waals surface area contributed by atoms with Crippen molar-refractivity contribution in [3.63, 3.8) is 0 Å². The fourth-order valence-electron chi connectivity index (χ4n) is 9.07. The maximum Gasteiger partial charge on any atom is 0.407 e. The summed E-state index contributed by atoms with van der Waals surface area (Å²) in [5.74, 6) is 2.55. The van der Waals surface area contributed by atoms with Crippen LogP contribution in [0.4, 0.5) is 4.79 Å². The first-order chi connectivity index (χ1) is 28.0. The molecule has 3 aliphatic heterocycles. The van der Waals surface area contributed by atoms with E-state index in [-0.39, 0.29) is 35.9 Å². The number of hydrogen-bond donors (Lipinski definition) is 3. The quantitative estimate of drug-likeness (QED) is 0.127. The summed E-state index contributed by atoms with van der Waals surface area (Å²) in [6.07, 6.45) is 3.59. The molecule has 3 aliphatic rings. The summed E-state index contributed by atoms with van der Waals surface area (Å²) in [6.45, 7) is 9.35. The van der Waals surface area contributed by atoms with Gasteiger partial charge in [0.25, 0.3) is 0 Å². The number of benzene rings is 3. The summed E-state index contributed by atoms with van der Waals surface area (Å²) in [5.41, 5.74) is 6.74. The summed E-state index contributed by atoms with van der Waals surface area (Å²) < 4.78 is 22.2. The van der Waals surface area contributed by atoms with Gasteiger partial charge in [0.1, 0.15) is 30.0 Å². The largest absolute Gasteiger partial charge is 0.488 e. The summed E-state index contributed by atoms with van der Waals surface area (Å²) in [4.78, 5) is 60.3. The van der Waals surface area contributed by atoms with Crippen LogP contribution in [0.5, 0.6) is 5.75 Å². The number of fused-ring (bicyclic) bond motifs is 6. The Hall–Kier alpha value is -5.47. The number of aromatic nitrogens is 4. The van der Waals surface area contributed by atoms with E-state index in [0.717, 1.165) is 74.2 Å². The number of aromatic amines is 2. The van der Waals surface area contributed by atoms with Crippen LogP contribution in [0.25, 0.3) is 44.2 Å². The van der Waals surface area contributed by atoms with Gasteiger partial charge in [-0.1, -0.05) is 32.0 Å². The first-order valence-corrected chi connectivity index (χ1v) is 20.2. The Morgan fingerprint density at radius 1 is 0.983 bits per heavy atom. The number of ether oxygens (including phenoxy) is 4. The zero-order valence-corrected chi connectivity index (χ0v) is 34.3. The van der Waals surface area contributed by atoms with Gasteiger partial charge in [-0.15, -0.1) is 0 Å². The number of alkyl carbamates (subject to hydrolysis) is 1. The molecule has 3 aromatic carbocycles. The van der Waals surface area contributed by atoms with Gasteiger partial charge >= 0.3 is 6.09 Å². The van der Waals surface area contributed by atoms with Crippen molar-refractivity contribution >= 4 is 39.7 Å². The average Bonchev–Trinajstić information content (AvgIpc) is 4.04. The number of nitrogens with zero attached hydrogens (tertiary/aromatic N) is 4. The number of rotatable bonds is 11. The maximum atomic E-state index is 14.1. The van der Waals surface area contributed by atoms with Gasteiger partial charge in [0.15, 0.2) is 0 Å². The minimum Gasteiger partial charge on any atom is -0.488 e. The van der Waals surface area contributed by atoms with Crippen LogP contribution in [-0.2, 0) is 30.4 Å². The van der Waals surface area contributed by atoms with Crippen LogP contribution < -0.4 is 10.1 Å². The Balaban J connectivity index is 1.07. The van der Waals surface area contributed by atoms with E-state index < -0.39 is 18.2 Å². The monoisotopic (exact) mass is 791 g/mol. The molecule has 58 heavy (non-hydrogen) atoms. The van der Waals surface area contributed by atoms with Crippen molar-refractivity contribution in [3.05, 3.63) is 65.9 Å². The zero-order chi connectivity index (χ0) is 40.8. The standard InChI is InChI=1S/C44H53N7O7/c1-23(2)14-38(52)51-24(3)8-13-35(51)41-45-19-34(47-41)28-9-11-30-29(16-28)22-58-37-18-31-27(17-32(30)37)10-12-33-40(31)48-42(46-33)36-15-26(21-55-5)20-50(36)43(53)39(25(4)56-6)49-44(54)57-7/h9-12,16-19,23-26,35-36,39H,8,13-15,20-22H2,1-7H3,(H,45,47)(H,46,48)(H,49,54)/t24-,25+,26-,35-,36?,39?/m0/s1. The molecular formula is C44H53N7O7. The van der Waals surface area contributed by atoms with Crippen LogP contribution in [0, 0.1) is 11.8 Å². The molecule has 0 bridgehead atoms. The van der Waals surface area contributed by atoms with Crippen LogP contribution in [0.1, 0.15) is 82.7 Å². The molecule has 5 aromatic rings. The molecule has 14 nitrogen and oxygen atoms in total. The van der Waals surface area contributed by atoms with Gasteiger partial charge in [0.2, 0.25) is 11.8 Å². The molecule has 2 unspecified atom stereocenters. The number of carbonyl (C=O) groups excluding carboxylic acids is 3. The number of imidazole rings is 2. The summed E-state index contributed by atoms with van der Waals surface area (Å²) in [6, 6.07) is 13.5. The molecule has 3 amide bonds. The highest BCUT2D eigenvalue weighted by Gasteiger charge is 2.43. The van der Waals surface area contributed by atoms with E-state index in [0.29, 0.717) is 44.3 Å². The zero-order valence-electron chi connectivity index (χ0n) is 34.3. The third-order valence-corrected chi connectivity index (χ3v) is 12.1. The fraction of sp³-hybridized carbons (Fsp3) is 0.477. The van der Waals surface area contributed by atoms with Crippen LogP contribution in [0.3, 0.4) is 0 Å². The van der Waals surface area contributed by atoms with Gasteiger partial charge in [-0.25, -0.2) is 14.8 Å². The van der Waals surface area contributed by atoms with Gasteiger partial charge in [0, 0.05) is 50.1 Å². The Morgan fingerprint density at radius 2 is 1.81 bits per heavy atom. The van der Waals surface area contributed by atoms with Crippen LogP contribution >= 0.6 is 0 Å². The van der Waals surface area contributed by atoms with Crippen molar-refractivity contribution in [2.24, 2.45) is 11.8 Å². The molecule has 3 N–H and O–H groups in total. The summed E-state index contributed by atoms with van der Waals surface area (Å²) >= 11 is 0. The maximum absolute atomic E-state index is 14.1. The first kappa shape index (κ1) is 39.4. The molecule has 0 radical (unpaired) electrons. The molecule has 0 aliphatic carbocycles. The molecule has 14 heteroatoms. The van der Waals surface area contributed by atoms with Crippen molar-refractivity contribution in [3.8, 4) is 28.1 Å². The second-order valence-electron chi connectivity index (χ2n) is 16.5. The predicted octanol–water partition coefficient (Wildman–Crippen LogP) is 7.06. The molecule has 8 rings (SSSR count). The Morgan fingerprint density at radius 3 is 2.57 bits per heavy atom. The third kappa shape index (κ3) is 7.28. The van der Waals surface area contributed by atoms with E-state index in [2.05, 4.69) is 72.5 Å². The van der Waals surface area contributed by atoms with Crippen molar-refractivity contribution in [2.45, 2.75) is 90.3 Å². The normalized spacial score (nSPS) is 21.2. The number of nitrogens with one attached hydrogen (secondary N) is 3. The molecule has 306 valence electrons. The molecule has 5 heterocycles. The number of methoxy groups -OCH3 is 3.